The third-order valence-electron chi connectivity index (χ3n) is 4.36. The molecule has 4 rings (SSSR count). The van der Waals surface area contributed by atoms with Gasteiger partial charge >= 0.3 is 0 Å². The molecule has 118 valence electrons. The van der Waals surface area contributed by atoms with Crippen LogP contribution in [-0.4, -0.2) is 48.0 Å². The van der Waals surface area contributed by atoms with Gasteiger partial charge in [0.25, 0.3) is 0 Å². The second-order valence-electron chi connectivity index (χ2n) is 5.96. The van der Waals surface area contributed by atoms with Gasteiger partial charge in [0.2, 0.25) is 0 Å². The van der Waals surface area contributed by atoms with E-state index in [1.165, 1.54) is 21.7 Å². The van der Waals surface area contributed by atoms with E-state index in [1.807, 2.05) is 18.3 Å². The van der Waals surface area contributed by atoms with E-state index in [2.05, 4.69) is 46.1 Å². The average molecular weight is 344 g/mol. The molecule has 1 saturated heterocycles. The van der Waals surface area contributed by atoms with Gasteiger partial charge in [-0.1, -0.05) is 29.4 Å². The Morgan fingerprint density at radius 3 is 2.78 bits per heavy atom. The van der Waals surface area contributed by atoms with Gasteiger partial charge in [-0.15, -0.1) is 0 Å². The van der Waals surface area contributed by atoms with Crippen molar-refractivity contribution in [2.75, 3.05) is 33.2 Å². The lowest BCUT2D eigenvalue weighted by Crippen LogP contribution is -2.43. The Balaban J connectivity index is 1.84. The maximum Gasteiger partial charge on any atom is 0.108 e. The summed E-state index contributed by atoms with van der Waals surface area (Å²) in [7, 11) is 2.18. The Hall–Kier alpha value is -1.49. The summed E-state index contributed by atoms with van der Waals surface area (Å²) in [4.78, 5) is 10.6. The molecule has 1 aromatic heterocycles. The van der Waals surface area contributed by atoms with Crippen LogP contribution in [0.25, 0.3) is 11.8 Å². The lowest BCUT2D eigenvalue weighted by molar-refractivity contribution is 0.207. The molecule has 0 N–H and O–H groups in total. The first kappa shape index (κ1) is 15.1. The first-order valence-electron chi connectivity index (χ1n) is 7.79. The average Bonchev–Trinajstić information content (AvgIpc) is 2.72. The van der Waals surface area contributed by atoms with Gasteiger partial charge in [-0.2, -0.15) is 0 Å². The number of halogens is 1. The lowest BCUT2D eigenvalue weighted by Gasteiger charge is -2.36. The Bertz CT molecular complexity index is 767. The van der Waals surface area contributed by atoms with E-state index in [4.69, 9.17) is 11.6 Å². The second kappa shape index (κ2) is 6.19. The van der Waals surface area contributed by atoms with Gasteiger partial charge in [0.05, 0.1) is 0 Å². The fraction of sp³-hybridized carbons (Fsp3) is 0.278. The molecule has 0 saturated carbocycles. The van der Waals surface area contributed by atoms with Crippen LogP contribution >= 0.6 is 23.4 Å². The smallest absolute Gasteiger partial charge is 0.108 e. The summed E-state index contributed by atoms with van der Waals surface area (Å²) < 4.78 is 0. The van der Waals surface area contributed by atoms with Crippen molar-refractivity contribution in [2.45, 2.75) is 9.92 Å². The zero-order chi connectivity index (χ0) is 15.8. The number of rotatable bonds is 1. The van der Waals surface area contributed by atoms with Crippen molar-refractivity contribution in [3.63, 3.8) is 0 Å². The number of aromatic nitrogens is 1. The van der Waals surface area contributed by atoms with Gasteiger partial charge in [0.15, 0.2) is 0 Å². The first-order chi connectivity index (χ1) is 11.2. The van der Waals surface area contributed by atoms with Crippen molar-refractivity contribution < 1.29 is 0 Å². The zero-order valence-electron chi connectivity index (χ0n) is 13.0. The summed E-state index contributed by atoms with van der Waals surface area (Å²) in [5, 5.41) is 1.84. The minimum atomic E-state index is 0.781. The van der Waals surface area contributed by atoms with Crippen LogP contribution < -0.4 is 0 Å². The quantitative estimate of drug-likeness (QED) is 0.780. The summed E-state index contributed by atoms with van der Waals surface area (Å²) in [6.45, 7) is 4.24. The highest BCUT2D eigenvalue weighted by atomic mass is 35.5. The van der Waals surface area contributed by atoms with E-state index in [1.54, 1.807) is 11.8 Å². The number of nitrogens with zero attached hydrogens (tertiary/aromatic N) is 3. The SMILES string of the molecule is CN1CCN(C2=Cc3cccnc3Sc3ccc(Cl)cc32)CC1. The maximum absolute atomic E-state index is 6.29. The van der Waals surface area contributed by atoms with Crippen LogP contribution in [0.15, 0.2) is 46.5 Å². The van der Waals surface area contributed by atoms with Crippen molar-refractivity contribution in [2.24, 2.45) is 0 Å². The fourth-order valence-corrected chi connectivity index (χ4v) is 4.18. The minimum Gasteiger partial charge on any atom is -0.368 e. The van der Waals surface area contributed by atoms with Crippen molar-refractivity contribution in [1.29, 1.82) is 0 Å². The van der Waals surface area contributed by atoms with Crippen molar-refractivity contribution in [3.05, 3.63) is 52.7 Å². The predicted octanol–water partition coefficient (Wildman–Crippen LogP) is 3.95. The molecule has 0 amide bonds. The van der Waals surface area contributed by atoms with Crippen molar-refractivity contribution in [3.8, 4) is 0 Å². The molecule has 5 heteroatoms. The molecule has 0 radical (unpaired) electrons. The summed E-state index contributed by atoms with van der Waals surface area (Å²) in [5.41, 5.74) is 3.65. The Kier molecular flexibility index (Phi) is 4.05. The van der Waals surface area contributed by atoms with Gasteiger partial charge in [-0.25, -0.2) is 4.98 Å². The molecule has 2 aliphatic heterocycles. The highest BCUT2D eigenvalue weighted by Gasteiger charge is 2.23. The summed E-state index contributed by atoms with van der Waals surface area (Å²) in [5.74, 6) is 0. The Morgan fingerprint density at radius 1 is 1.13 bits per heavy atom. The molecule has 1 fully saturated rings. The largest absolute Gasteiger partial charge is 0.368 e. The van der Waals surface area contributed by atoms with Crippen LogP contribution in [0.4, 0.5) is 0 Å². The molecule has 0 bridgehead atoms. The molecule has 0 aliphatic carbocycles. The van der Waals surface area contributed by atoms with Gasteiger partial charge in [0.1, 0.15) is 5.03 Å². The molecular formula is C18H18ClN3S. The van der Waals surface area contributed by atoms with Crippen LogP contribution in [0.2, 0.25) is 5.02 Å². The number of fused-ring (bicyclic) bond motifs is 2. The van der Waals surface area contributed by atoms with E-state index in [0.717, 1.165) is 36.2 Å². The van der Waals surface area contributed by atoms with Crippen LogP contribution in [0.1, 0.15) is 11.1 Å². The molecule has 23 heavy (non-hydrogen) atoms. The molecule has 2 aliphatic rings. The second-order valence-corrected chi connectivity index (χ2v) is 7.43. The zero-order valence-corrected chi connectivity index (χ0v) is 14.6. The normalized spacial score (nSPS) is 18.0. The number of hydrogen-bond acceptors (Lipinski definition) is 4. The summed E-state index contributed by atoms with van der Waals surface area (Å²) >= 11 is 8.01. The van der Waals surface area contributed by atoms with Crippen LogP contribution in [0, 0.1) is 0 Å². The number of piperazine rings is 1. The van der Waals surface area contributed by atoms with Gasteiger partial charge in [0, 0.05) is 59.1 Å². The van der Waals surface area contributed by atoms with E-state index in [-0.39, 0.29) is 0 Å². The topological polar surface area (TPSA) is 19.4 Å². The minimum absolute atomic E-state index is 0.781. The standard InChI is InChI=1S/C18H18ClN3S/c1-21-7-9-22(10-8-21)16-11-13-3-2-6-20-18(13)23-17-5-4-14(19)12-15(16)17/h2-6,11-12H,7-10H2,1H3. The third-order valence-corrected chi connectivity index (χ3v) is 5.71. The highest BCUT2D eigenvalue weighted by Crippen LogP contribution is 2.41. The van der Waals surface area contributed by atoms with E-state index < -0.39 is 0 Å². The Morgan fingerprint density at radius 2 is 1.96 bits per heavy atom. The highest BCUT2D eigenvalue weighted by molar-refractivity contribution is 7.99. The maximum atomic E-state index is 6.29. The summed E-state index contributed by atoms with van der Waals surface area (Å²) in [6, 6.07) is 10.3. The number of hydrogen-bond donors (Lipinski definition) is 0. The van der Waals surface area contributed by atoms with Crippen LogP contribution in [-0.2, 0) is 0 Å². The summed E-state index contributed by atoms with van der Waals surface area (Å²) in [6.07, 6.45) is 4.12. The third kappa shape index (κ3) is 2.99. The molecular weight excluding hydrogens is 326 g/mol. The van der Waals surface area contributed by atoms with Gasteiger partial charge in [-0.3, -0.25) is 0 Å². The molecule has 3 nitrogen and oxygen atoms in total. The van der Waals surface area contributed by atoms with E-state index in [9.17, 15) is 0 Å². The Labute approximate surface area is 146 Å². The number of likely N-dealkylation sites (N-methyl/N-ethyl adjacent to an activating group) is 1. The molecule has 1 aromatic carbocycles. The number of pyridine rings is 1. The van der Waals surface area contributed by atoms with Crippen molar-refractivity contribution in [1.82, 2.24) is 14.8 Å². The molecule has 3 heterocycles. The monoisotopic (exact) mass is 343 g/mol. The van der Waals surface area contributed by atoms with E-state index >= 15 is 0 Å². The number of benzene rings is 1. The molecule has 2 aromatic rings. The van der Waals surface area contributed by atoms with Gasteiger partial charge in [-0.05, 0) is 37.4 Å². The van der Waals surface area contributed by atoms with Crippen LogP contribution in [0.5, 0.6) is 0 Å². The molecule has 0 atom stereocenters. The van der Waals surface area contributed by atoms with E-state index in [0.29, 0.717) is 0 Å². The van der Waals surface area contributed by atoms with Crippen molar-refractivity contribution >= 4 is 35.1 Å². The first-order valence-corrected chi connectivity index (χ1v) is 8.98. The molecule has 0 spiro atoms. The van der Waals surface area contributed by atoms with Gasteiger partial charge < -0.3 is 9.80 Å². The predicted molar refractivity (Wildman–Crippen MR) is 96.8 cm³/mol. The lowest BCUT2D eigenvalue weighted by atomic mass is 10.1. The fourth-order valence-electron chi connectivity index (χ4n) is 3.03. The molecule has 0 unspecified atom stereocenters. The van der Waals surface area contributed by atoms with Crippen LogP contribution in [0.3, 0.4) is 0 Å².